The highest BCUT2D eigenvalue weighted by Crippen LogP contribution is 2.33. The molecule has 3 aromatic heterocycles. The van der Waals surface area contributed by atoms with Crippen LogP contribution in [0.25, 0.3) is 33.5 Å². The molecule has 0 amide bonds. The molecule has 0 aliphatic carbocycles. The number of halogens is 2. The minimum Gasteiger partial charge on any atom is -0.383 e. The van der Waals surface area contributed by atoms with Gasteiger partial charge in [-0.3, -0.25) is 15.0 Å². The lowest BCUT2D eigenvalue weighted by atomic mass is 10.0. The van der Waals surface area contributed by atoms with Gasteiger partial charge in [0.05, 0.1) is 53.2 Å². The summed E-state index contributed by atoms with van der Waals surface area (Å²) in [5.41, 5.74) is 4.85. The highest BCUT2D eigenvalue weighted by atomic mass is 35.5. The van der Waals surface area contributed by atoms with Crippen LogP contribution in [0.4, 0.5) is 10.1 Å². The first kappa shape index (κ1) is 21.8. The number of ether oxygens (including phenoxy) is 1. The molecular weight excluding hydrogens is 443 g/mol. The summed E-state index contributed by atoms with van der Waals surface area (Å²) in [6.07, 6.45) is 3.54. The standard InChI is InChI=1S/C24H24ClFN6O/c1-31-7-8-32(13-17(31)14-33-2)16-10-23-22(27-11-16)6-5-21(29-23)19-12-28-30-24(19)18-9-15(25)3-4-20(18)26/h3-6,9-12,17H,7-8,13-14H2,1-2H3,(H,28,30)/t17-/m1/s1. The lowest BCUT2D eigenvalue weighted by Crippen LogP contribution is -2.53. The summed E-state index contributed by atoms with van der Waals surface area (Å²) in [6.45, 7) is 3.39. The Kier molecular flexibility index (Phi) is 5.97. The number of piperazine rings is 1. The lowest BCUT2D eigenvalue weighted by molar-refractivity contribution is 0.0987. The number of H-pyrrole nitrogens is 1. The zero-order valence-electron chi connectivity index (χ0n) is 18.4. The maximum Gasteiger partial charge on any atom is 0.132 e. The maximum atomic E-state index is 14.5. The number of methoxy groups -OCH3 is 1. The molecule has 0 unspecified atom stereocenters. The summed E-state index contributed by atoms with van der Waals surface area (Å²) >= 11 is 6.10. The molecule has 1 saturated heterocycles. The first-order valence-electron chi connectivity index (χ1n) is 10.7. The van der Waals surface area contributed by atoms with E-state index in [9.17, 15) is 4.39 Å². The molecule has 0 spiro atoms. The van der Waals surface area contributed by atoms with Crippen molar-refractivity contribution < 1.29 is 9.13 Å². The van der Waals surface area contributed by atoms with E-state index < -0.39 is 0 Å². The van der Waals surface area contributed by atoms with Crippen LogP contribution in [0, 0.1) is 5.82 Å². The van der Waals surface area contributed by atoms with Crippen molar-refractivity contribution in [2.75, 3.05) is 45.3 Å². The number of benzene rings is 1. The van der Waals surface area contributed by atoms with Gasteiger partial charge in [0, 0.05) is 42.9 Å². The van der Waals surface area contributed by atoms with Gasteiger partial charge in [0.1, 0.15) is 5.82 Å². The minimum atomic E-state index is -0.379. The Morgan fingerprint density at radius 2 is 2.00 bits per heavy atom. The fourth-order valence-corrected chi connectivity index (χ4v) is 4.42. The molecule has 7 nitrogen and oxygen atoms in total. The Morgan fingerprint density at radius 3 is 2.85 bits per heavy atom. The van der Waals surface area contributed by atoms with Crippen molar-refractivity contribution in [3.63, 3.8) is 0 Å². The van der Waals surface area contributed by atoms with E-state index in [0.717, 1.165) is 36.4 Å². The van der Waals surface area contributed by atoms with E-state index in [4.69, 9.17) is 21.3 Å². The van der Waals surface area contributed by atoms with Crippen LogP contribution in [0.3, 0.4) is 0 Å². The van der Waals surface area contributed by atoms with Crippen LogP contribution < -0.4 is 4.90 Å². The van der Waals surface area contributed by atoms with Gasteiger partial charge in [0.2, 0.25) is 0 Å². The van der Waals surface area contributed by atoms with E-state index in [-0.39, 0.29) is 5.82 Å². The van der Waals surface area contributed by atoms with E-state index in [2.05, 4.69) is 38.1 Å². The third-order valence-electron chi connectivity index (χ3n) is 6.14. The molecule has 1 N–H and O–H groups in total. The van der Waals surface area contributed by atoms with Crippen LogP contribution in [0.2, 0.25) is 5.02 Å². The number of hydrogen-bond acceptors (Lipinski definition) is 6. The molecule has 0 radical (unpaired) electrons. The summed E-state index contributed by atoms with van der Waals surface area (Å²) in [5.74, 6) is -0.379. The molecule has 4 heterocycles. The summed E-state index contributed by atoms with van der Waals surface area (Å²) in [7, 11) is 3.86. The second-order valence-corrected chi connectivity index (χ2v) is 8.68. The zero-order chi connectivity index (χ0) is 22.9. The van der Waals surface area contributed by atoms with Gasteiger partial charge >= 0.3 is 0 Å². The topological polar surface area (TPSA) is 70.2 Å². The van der Waals surface area contributed by atoms with Gasteiger partial charge in [-0.2, -0.15) is 5.10 Å². The second-order valence-electron chi connectivity index (χ2n) is 8.25. The number of nitrogens with zero attached hydrogens (tertiary/aromatic N) is 5. The van der Waals surface area contributed by atoms with Crippen molar-refractivity contribution >= 4 is 28.3 Å². The van der Waals surface area contributed by atoms with Crippen molar-refractivity contribution in [3.8, 4) is 22.5 Å². The summed E-state index contributed by atoms with van der Waals surface area (Å²) < 4.78 is 19.9. The zero-order valence-corrected chi connectivity index (χ0v) is 19.2. The van der Waals surface area contributed by atoms with Crippen LogP contribution in [0.15, 0.2) is 48.8 Å². The monoisotopic (exact) mass is 466 g/mol. The molecule has 1 atom stereocenters. The Balaban J connectivity index is 1.50. The highest BCUT2D eigenvalue weighted by Gasteiger charge is 2.25. The Labute approximate surface area is 196 Å². The fourth-order valence-electron chi connectivity index (χ4n) is 4.25. The molecule has 170 valence electrons. The molecule has 0 saturated carbocycles. The van der Waals surface area contributed by atoms with Crippen molar-refractivity contribution in [2.24, 2.45) is 0 Å². The normalized spacial score (nSPS) is 17.1. The predicted molar refractivity (Wildman–Crippen MR) is 128 cm³/mol. The Hall–Kier alpha value is -3.07. The van der Waals surface area contributed by atoms with Gasteiger partial charge in [-0.05, 0) is 43.4 Å². The lowest BCUT2D eigenvalue weighted by Gasteiger charge is -2.40. The van der Waals surface area contributed by atoms with Gasteiger partial charge in [0.25, 0.3) is 0 Å². The average molecular weight is 467 g/mol. The van der Waals surface area contributed by atoms with E-state index in [0.29, 0.717) is 40.2 Å². The number of nitrogens with one attached hydrogen (secondary N) is 1. The van der Waals surface area contributed by atoms with Gasteiger partial charge in [0.15, 0.2) is 0 Å². The second kappa shape index (κ2) is 9.05. The molecule has 33 heavy (non-hydrogen) atoms. The highest BCUT2D eigenvalue weighted by molar-refractivity contribution is 6.30. The van der Waals surface area contributed by atoms with Gasteiger partial charge in [-0.1, -0.05) is 11.6 Å². The number of fused-ring (bicyclic) bond motifs is 1. The first-order valence-corrected chi connectivity index (χ1v) is 11.1. The van der Waals surface area contributed by atoms with Crippen LogP contribution in [0.1, 0.15) is 0 Å². The number of aromatic amines is 1. The molecular formula is C24H24ClFN6O. The molecule has 1 aliphatic heterocycles. The van der Waals surface area contributed by atoms with Gasteiger partial charge in [-0.15, -0.1) is 0 Å². The molecule has 5 rings (SSSR count). The van der Waals surface area contributed by atoms with Crippen molar-refractivity contribution in [3.05, 3.63) is 59.6 Å². The summed E-state index contributed by atoms with van der Waals surface area (Å²) in [5, 5.41) is 7.48. The molecule has 4 aromatic rings. The molecule has 1 aromatic carbocycles. The third-order valence-corrected chi connectivity index (χ3v) is 6.37. The summed E-state index contributed by atoms with van der Waals surface area (Å²) in [6, 6.07) is 10.6. The smallest absolute Gasteiger partial charge is 0.132 e. The predicted octanol–water partition coefficient (Wildman–Crippen LogP) is 4.25. The number of rotatable bonds is 5. The largest absolute Gasteiger partial charge is 0.383 e. The Morgan fingerprint density at radius 1 is 1.12 bits per heavy atom. The number of anilines is 1. The van der Waals surface area contributed by atoms with Crippen LogP contribution in [-0.2, 0) is 4.74 Å². The van der Waals surface area contributed by atoms with Crippen molar-refractivity contribution in [1.29, 1.82) is 0 Å². The molecule has 9 heteroatoms. The maximum absolute atomic E-state index is 14.5. The minimum absolute atomic E-state index is 0.319. The van der Waals surface area contributed by atoms with E-state index in [1.54, 1.807) is 19.4 Å². The van der Waals surface area contributed by atoms with Crippen LogP contribution in [0.5, 0.6) is 0 Å². The average Bonchev–Trinajstić information content (AvgIpc) is 3.31. The number of hydrogen-bond donors (Lipinski definition) is 1. The van der Waals surface area contributed by atoms with Crippen LogP contribution in [-0.4, -0.2) is 71.5 Å². The number of pyridine rings is 2. The molecule has 1 fully saturated rings. The number of likely N-dealkylation sites (N-methyl/N-ethyl adjacent to an activating group) is 1. The quantitative estimate of drug-likeness (QED) is 0.474. The van der Waals surface area contributed by atoms with E-state index in [1.165, 1.54) is 12.1 Å². The SMILES string of the molecule is COC[C@H]1CN(c2cnc3ccc(-c4cn[nH]c4-c4cc(Cl)ccc4F)nc3c2)CCN1C. The van der Waals surface area contributed by atoms with Crippen molar-refractivity contribution in [2.45, 2.75) is 6.04 Å². The number of aromatic nitrogens is 4. The first-order chi connectivity index (χ1) is 16.0. The molecule has 1 aliphatic rings. The van der Waals surface area contributed by atoms with Gasteiger partial charge in [-0.25, -0.2) is 9.37 Å². The van der Waals surface area contributed by atoms with E-state index >= 15 is 0 Å². The Bertz CT molecular complexity index is 1300. The van der Waals surface area contributed by atoms with Crippen LogP contribution >= 0.6 is 11.6 Å². The molecule has 0 bridgehead atoms. The third kappa shape index (κ3) is 4.29. The summed E-state index contributed by atoms with van der Waals surface area (Å²) in [4.78, 5) is 14.1. The fraction of sp³-hybridized carbons (Fsp3) is 0.292. The van der Waals surface area contributed by atoms with Gasteiger partial charge < -0.3 is 9.64 Å². The van der Waals surface area contributed by atoms with Crippen molar-refractivity contribution in [1.82, 2.24) is 25.1 Å². The van der Waals surface area contributed by atoms with E-state index in [1.807, 2.05) is 18.3 Å².